The number of hydrogen-bond acceptors (Lipinski definition) is 2. The maximum Gasteiger partial charge on any atom is 0.254 e. The summed E-state index contributed by atoms with van der Waals surface area (Å²) in [6.45, 7) is 4.22. The lowest BCUT2D eigenvalue weighted by Gasteiger charge is -2.20. The largest absolute Gasteiger partial charge is 0.507 e. The lowest BCUT2D eigenvalue weighted by molar-refractivity contribution is 0.0762. The van der Waals surface area contributed by atoms with E-state index in [0.29, 0.717) is 22.6 Å². The molecule has 90 valence electrons. The summed E-state index contributed by atoms with van der Waals surface area (Å²) in [5, 5.41) is 9.58. The van der Waals surface area contributed by atoms with Crippen LogP contribution in [0.1, 0.15) is 23.2 Å². The van der Waals surface area contributed by atoms with Crippen LogP contribution >= 0.6 is 15.9 Å². The molecule has 17 heavy (non-hydrogen) atoms. The summed E-state index contributed by atoms with van der Waals surface area (Å²) in [5.41, 5.74) is 0.513. The van der Waals surface area contributed by atoms with Gasteiger partial charge in [0.05, 0.1) is 4.47 Å². The Labute approximate surface area is 109 Å². The first kappa shape index (κ1) is 12.2. The Kier molecular flexibility index (Phi) is 3.52. The number of nitrogens with zero attached hydrogens (tertiary/aromatic N) is 1. The fourth-order valence-corrected chi connectivity index (χ4v) is 1.98. The average Bonchev–Trinajstić information content (AvgIpc) is 3.13. The van der Waals surface area contributed by atoms with E-state index in [4.69, 9.17) is 0 Å². The molecule has 0 saturated heterocycles. The summed E-state index contributed by atoms with van der Waals surface area (Å²) < 4.78 is 0.593. The summed E-state index contributed by atoms with van der Waals surface area (Å²) in [6, 6.07) is 5.23. The van der Waals surface area contributed by atoms with Gasteiger partial charge in [-0.25, -0.2) is 0 Å². The quantitative estimate of drug-likeness (QED) is 0.868. The van der Waals surface area contributed by atoms with Gasteiger partial charge in [-0.15, -0.1) is 6.58 Å². The van der Waals surface area contributed by atoms with Crippen molar-refractivity contribution in [1.29, 1.82) is 0 Å². The summed E-state index contributed by atoms with van der Waals surface area (Å²) in [4.78, 5) is 14.0. The van der Waals surface area contributed by atoms with E-state index in [1.807, 2.05) is 0 Å². The third-order valence-electron chi connectivity index (χ3n) is 2.77. The van der Waals surface area contributed by atoms with Crippen molar-refractivity contribution in [1.82, 2.24) is 4.90 Å². The topological polar surface area (TPSA) is 40.5 Å². The number of benzene rings is 1. The number of amides is 1. The van der Waals surface area contributed by atoms with Gasteiger partial charge in [0.1, 0.15) is 5.75 Å². The van der Waals surface area contributed by atoms with Crippen molar-refractivity contribution in [2.45, 2.75) is 18.9 Å². The average molecular weight is 296 g/mol. The van der Waals surface area contributed by atoms with Gasteiger partial charge in [-0.3, -0.25) is 4.79 Å². The molecule has 2 rings (SSSR count). The lowest BCUT2D eigenvalue weighted by Crippen LogP contribution is -2.33. The van der Waals surface area contributed by atoms with Crippen LogP contribution in [-0.2, 0) is 0 Å². The molecule has 1 aromatic carbocycles. The second kappa shape index (κ2) is 4.92. The van der Waals surface area contributed by atoms with Crippen LogP contribution in [0.5, 0.6) is 5.75 Å². The van der Waals surface area contributed by atoms with Crippen molar-refractivity contribution in [3.8, 4) is 5.75 Å². The zero-order valence-corrected chi connectivity index (χ0v) is 11.0. The Morgan fingerprint density at radius 3 is 2.82 bits per heavy atom. The van der Waals surface area contributed by atoms with Gasteiger partial charge in [0, 0.05) is 18.2 Å². The van der Waals surface area contributed by atoms with E-state index in [2.05, 4.69) is 22.5 Å². The molecule has 1 saturated carbocycles. The van der Waals surface area contributed by atoms with Crippen LogP contribution in [0.3, 0.4) is 0 Å². The maximum atomic E-state index is 12.2. The molecule has 0 spiro atoms. The highest BCUT2D eigenvalue weighted by Gasteiger charge is 2.32. The second-order valence-corrected chi connectivity index (χ2v) is 5.00. The van der Waals surface area contributed by atoms with Gasteiger partial charge in [-0.05, 0) is 47.0 Å². The standard InChI is InChI=1S/C13H14BrNO2/c1-2-7-15(10-4-5-10)13(17)9-3-6-11(14)12(16)8-9/h2-3,6,8,10,16H,1,4-5,7H2. The van der Waals surface area contributed by atoms with Crippen LogP contribution in [-0.4, -0.2) is 28.5 Å². The number of carbonyl (C=O) groups excluding carboxylic acids is 1. The molecule has 0 atom stereocenters. The van der Waals surface area contributed by atoms with Crippen LogP contribution in [0.4, 0.5) is 0 Å². The van der Waals surface area contributed by atoms with Crippen LogP contribution in [0, 0.1) is 0 Å². The number of phenolic OH excluding ortho intramolecular Hbond substituents is 1. The molecule has 0 radical (unpaired) electrons. The van der Waals surface area contributed by atoms with Crippen molar-refractivity contribution in [3.05, 3.63) is 40.9 Å². The summed E-state index contributed by atoms with van der Waals surface area (Å²) in [5.74, 6) is 0.0420. The molecule has 1 aromatic rings. The van der Waals surface area contributed by atoms with Crippen molar-refractivity contribution in [2.24, 2.45) is 0 Å². The molecular weight excluding hydrogens is 282 g/mol. The number of carbonyl (C=O) groups is 1. The summed E-state index contributed by atoms with van der Waals surface area (Å²) >= 11 is 3.20. The fourth-order valence-electron chi connectivity index (χ4n) is 1.73. The van der Waals surface area contributed by atoms with Crippen molar-refractivity contribution in [3.63, 3.8) is 0 Å². The minimum Gasteiger partial charge on any atom is -0.507 e. The molecule has 0 aliphatic heterocycles. The molecule has 3 nitrogen and oxygen atoms in total. The molecule has 1 N–H and O–H groups in total. The van der Waals surface area contributed by atoms with E-state index < -0.39 is 0 Å². The predicted octanol–water partition coefficient (Wildman–Crippen LogP) is 2.95. The van der Waals surface area contributed by atoms with Crippen molar-refractivity contribution < 1.29 is 9.90 Å². The first-order valence-electron chi connectivity index (χ1n) is 5.54. The third kappa shape index (κ3) is 2.69. The van der Waals surface area contributed by atoms with Gasteiger partial charge in [-0.2, -0.15) is 0 Å². The molecule has 0 unspecified atom stereocenters. The maximum absolute atomic E-state index is 12.2. The van der Waals surface area contributed by atoms with Crippen LogP contribution < -0.4 is 0 Å². The van der Waals surface area contributed by atoms with E-state index in [-0.39, 0.29) is 11.7 Å². The summed E-state index contributed by atoms with van der Waals surface area (Å²) in [6.07, 6.45) is 3.85. The molecule has 0 bridgehead atoms. The normalized spacial score (nSPS) is 14.4. The number of phenols is 1. The summed E-state index contributed by atoms with van der Waals surface area (Å²) in [7, 11) is 0. The Morgan fingerprint density at radius 2 is 2.29 bits per heavy atom. The van der Waals surface area contributed by atoms with Crippen molar-refractivity contribution in [2.75, 3.05) is 6.54 Å². The minimum absolute atomic E-state index is 0.0461. The second-order valence-electron chi connectivity index (χ2n) is 4.14. The van der Waals surface area contributed by atoms with Gasteiger partial charge in [-0.1, -0.05) is 6.08 Å². The van der Waals surface area contributed by atoms with Gasteiger partial charge >= 0.3 is 0 Å². The Morgan fingerprint density at radius 1 is 1.59 bits per heavy atom. The van der Waals surface area contributed by atoms with Crippen LogP contribution in [0.2, 0.25) is 0 Å². The number of hydrogen-bond donors (Lipinski definition) is 1. The molecular formula is C13H14BrNO2. The molecule has 0 aromatic heterocycles. The van der Waals surface area contributed by atoms with Gasteiger partial charge in [0.2, 0.25) is 0 Å². The highest BCUT2D eigenvalue weighted by molar-refractivity contribution is 9.10. The predicted molar refractivity (Wildman–Crippen MR) is 70.1 cm³/mol. The van der Waals surface area contributed by atoms with Gasteiger partial charge < -0.3 is 10.0 Å². The van der Waals surface area contributed by atoms with Crippen molar-refractivity contribution >= 4 is 21.8 Å². The fraction of sp³-hybridized carbons (Fsp3) is 0.308. The first-order chi connectivity index (χ1) is 8.13. The molecule has 0 heterocycles. The van der Waals surface area contributed by atoms with Gasteiger partial charge in [0.15, 0.2) is 0 Å². The zero-order chi connectivity index (χ0) is 12.4. The molecule has 4 heteroatoms. The van der Waals surface area contributed by atoms with E-state index in [1.165, 1.54) is 6.07 Å². The number of rotatable bonds is 4. The Balaban J connectivity index is 2.21. The third-order valence-corrected chi connectivity index (χ3v) is 3.44. The lowest BCUT2D eigenvalue weighted by atomic mass is 10.2. The van der Waals surface area contributed by atoms with E-state index in [0.717, 1.165) is 12.8 Å². The first-order valence-corrected chi connectivity index (χ1v) is 6.33. The monoisotopic (exact) mass is 295 g/mol. The smallest absolute Gasteiger partial charge is 0.254 e. The zero-order valence-electron chi connectivity index (χ0n) is 9.40. The Bertz CT molecular complexity index is 455. The van der Waals surface area contributed by atoms with E-state index >= 15 is 0 Å². The van der Waals surface area contributed by atoms with E-state index in [1.54, 1.807) is 23.1 Å². The SMILES string of the molecule is C=CCN(C(=O)c1ccc(Br)c(O)c1)C1CC1. The molecule has 1 fully saturated rings. The Hall–Kier alpha value is -1.29. The molecule has 1 amide bonds. The van der Waals surface area contributed by atoms with Crippen LogP contribution in [0.15, 0.2) is 35.3 Å². The van der Waals surface area contributed by atoms with E-state index in [9.17, 15) is 9.90 Å². The molecule has 1 aliphatic rings. The minimum atomic E-state index is -0.0461. The van der Waals surface area contributed by atoms with Gasteiger partial charge in [0.25, 0.3) is 5.91 Å². The van der Waals surface area contributed by atoms with Crippen LogP contribution in [0.25, 0.3) is 0 Å². The number of aromatic hydroxyl groups is 1. The highest BCUT2D eigenvalue weighted by atomic mass is 79.9. The highest BCUT2D eigenvalue weighted by Crippen LogP contribution is 2.30. The molecule has 1 aliphatic carbocycles. The number of halogens is 1.